The fraction of sp³-hybridized carbons (Fsp3) is 0.500. The van der Waals surface area contributed by atoms with Crippen molar-refractivity contribution in [3.05, 3.63) is 17.7 Å². The van der Waals surface area contributed by atoms with Crippen LogP contribution in [0.2, 0.25) is 0 Å². The Labute approximate surface area is 119 Å². The van der Waals surface area contributed by atoms with Gasteiger partial charge in [-0.2, -0.15) is 0 Å². The lowest BCUT2D eigenvalue weighted by Gasteiger charge is -2.15. The maximum atomic E-state index is 12.2. The highest BCUT2D eigenvalue weighted by Gasteiger charge is 2.17. The molecule has 1 amide bonds. The van der Waals surface area contributed by atoms with Gasteiger partial charge in [0.15, 0.2) is 11.5 Å². The fourth-order valence-corrected chi connectivity index (χ4v) is 1.67. The molecular formula is C14H22N2O4. The normalized spacial score (nSPS) is 11.7. The van der Waals surface area contributed by atoms with Crippen LogP contribution >= 0.6 is 0 Å². The fourth-order valence-electron chi connectivity index (χ4n) is 1.67. The quantitative estimate of drug-likeness (QED) is 0.784. The van der Waals surface area contributed by atoms with Gasteiger partial charge < -0.3 is 25.3 Å². The zero-order valence-corrected chi connectivity index (χ0v) is 12.4. The van der Waals surface area contributed by atoms with Gasteiger partial charge in [0.05, 0.1) is 26.9 Å². The lowest BCUT2D eigenvalue weighted by molar-refractivity contribution is 0.0947. The van der Waals surface area contributed by atoms with Gasteiger partial charge in [-0.15, -0.1) is 0 Å². The van der Waals surface area contributed by atoms with Gasteiger partial charge in [-0.1, -0.05) is 6.92 Å². The zero-order valence-electron chi connectivity index (χ0n) is 12.4. The first-order chi connectivity index (χ1) is 9.57. The van der Waals surface area contributed by atoms with E-state index >= 15 is 0 Å². The maximum Gasteiger partial charge on any atom is 0.255 e. The van der Waals surface area contributed by atoms with Gasteiger partial charge in [-0.05, 0) is 6.42 Å². The third kappa shape index (κ3) is 3.77. The van der Waals surface area contributed by atoms with E-state index in [9.17, 15) is 4.79 Å². The number of nitrogens with one attached hydrogen (secondary N) is 1. The molecule has 1 rings (SSSR count). The van der Waals surface area contributed by atoms with Crippen LogP contribution < -0.4 is 25.3 Å². The van der Waals surface area contributed by atoms with Crippen molar-refractivity contribution in [3.63, 3.8) is 0 Å². The van der Waals surface area contributed by atoms with Crippen LogP contribution in [0, 0.1) is 0 Å². The van der Waals surface area contributed by atoms with Crippen LogP contribution in [0.5, 0.6) is 17.2 Å². The molecule has 0 saturated heterocycles. The van der Waals surface area contributed by atoms with Crippen LogP contribution in [0.4, 0.5) is 0 Å². The van der Waals surface area contributed by atoms with Gasteiger partial charge in [0, 0.05) is 24.7 Å². The summed E-state index contributed by atoms with van der Waals surface area (Å²) in [4.78, 5) is 12.2. The van der Waals surface area contributed by atoms with E-state index in [4.69, 9.17) is 19.9 Å². The Hall–Kier alpha value is -1.95. The lowest BCUT2D eigenvalue weighted by Crippen LogP contribution is -2.36. The molecule has 0 spiro atoms. The molecule has 0 aliphatic heterocycles. The van der Waals surface area contributed by atoms with E-state index < -0.39 is 0 Å². The average Bonchev–Trinajstić information content (AvgIpc) is 2.50. The highest BCUT2D eigenvalue weighted by molar-refractivity contribution is 5.97. The molecule has 6 heteroatoms. The van der Waals surface area contributed by atoms with Crippen LogP contribution in [-0.2, 0) is 0 Å². The van der Waals surface area contributed by atoms with Crippen molar-refractivity contribution < 1.29 is 19.0 Å². The van der Waals surface area contributed by atoms with Gasteiger partial charge in [-0.3, -0.25) is 4.79 Å². The molecule has 1 aromatic rings. The number of rotatable bonds is 7. The Morgan fingerprint density at radius 2 is 1.70 bits per heavy atom. The van der Waals surface area contributed by atoms with E-state index in [2.05, 4.69) is 5.32 Å². The van der Waals surface area contributed by atoms with E-state index in [1.165, 1.54) is 21.3 Å². The van der Waals surface area contributed by atoms with Crippen molar-refractivity contribution in [2.45, 2.75) is 19.4 Å². The molecule has 0 aliphatic carbocycles. The Balaban J connectivity index is 3.00. The standard InChI is InChI=1S/C14H22N2O4/c1-5-9(15)8-16-14(17)10-6-12(19-3)13(20-4)7-11(10)18-2/h6-7,9H,5,8,15H2,1-4H3,(H,16,17). The topological polar surface area (TPSA) is 82.8 Å². The number of benzene rings is 1. The first-order valence-corrected chi connectivity index (χ1v) is 6.41. The van der Waals surface area contributed by atoms with Crippen LogP contribution in [0.3, 0.4) is 0 Å². The highest BCUT2D eigenvalue weighted by Crippen LogP contribution is 2.34. The third-order valence-electron chi connectivity index (χ3n) is 3.00. The minimum absolute atomic E-state index is 0.0647. The molecule has 6 nitrogen and oxygen atoms in total. The van der Waals surface area contributed by atoms with Crippen LogP contribution in [0.1, 0.15) is 23.7 Å². The van der Waals surface area contributed by atoms with Gasteiger partial charge in [0.25, 0.3) is 5.91 Å². The molecule has 3 N–H and O–H groups in total. The van der Waals surface area contributed by atoms with Crippen molar-refractivity contribution in [3.8, 4) is 17.2 Å². The van der Waals surface area contributed by atoms with E-state index in [-0.39, 0.29) is 11.9 Å². The van der Waals surface area contributed by atoms with Crippen LogP contribution in [0.25, 0.3) is 0 Å². The van der Waals surface area contributed by atoms with Crippen molar-refractivity contribution in [1.29, 1.82) is 0 Å². The summed E-state index contributed by atoms with van der Waals surface area (Å²) in [6.45, 7) is 2.38. The van der Waals surface area contributed by atoms with Gasteiger partial charge in [0.2, 0.25) is 0 Å². The van der Waals surface area contributed by atoms with Crippen molar-refractivity contribution in [2.75, 3.05) is 27.9 Å². The molecule has 20 heavy (non-hydrogen) atoms. The maximum absolute atomic E-state index is 12.2. The second kappa shape index (κ2) is 7.59. The third-order valence-corrected chi connectivity index (χ3v) is 3.00. The smallest absolute Gasteiger partial charge is 0.255 e. The van der Waals surface area contributed by atoms with Crippen molar-refractivity contribution in [2.24, 2.45) is 5.73 Å². The molecule has 0 bridgehead atoms. The molecule has 0 fully saturated rings. The number of hydrogen-bond acceptors (Lipinski definition) is 5. The predicted molar refractivity (Wildman–Crippen MR) is 76.7 cm³/mol. The molecule has 0 heterocycles. The molecule has 0 radical (unpaired) electrons. The van der Waals surface area contributed by atoms with Gasteiger partial charge >= 0.3 is 0 Å². The largest absolute Gasteiger partial charge is 0.496 e. The van der Waals surface area contributed by atoms with Crippen LogP contribution in [0.15, 0.2) is 12.1 Å². The molecule has 1 atom stereocenters. The molecule has 0 aliphatic rings. The van der Waals surface area contributed by atoms with Gasteiger partial charge in [0.1, 0.15) is 5.75 Å². The van der Waals surface area contributed by atoms with Crippen LogP contribution in [-0.4, -0.2) is 39.8 Å². The monoisotopic (exact) mass is 282 g/mol. The number of ether oxygens (including phenoxy) is 3. The summed E-state index contributed by atoms with van der Waals surface area (Å²) in [6, 6.07) is 3.14. The molecule has 112 valence electrons. The number of carbonyl (C=O) groups excluding carboxylic acids is 1. The van der Waals surface area contributed by atoms with Crippen molar-refractivity contribution in [1.82, 2.24) is 5.32 Å². The summed E-state index contributed by atoms with van der Waals surface area (Å²) in [6.07, 6.45) is 0.795. The summed E-state index contributed by atoms with van der Waals surface area (Å²) in [5, 5.41) is 2.77. The lowest BCUT2D eigenvalue weighted by atomic mass is 10.1. The summed E-state index contributed by atoms with van der Waals surface area (Å²) in [5.41, 5.74) is 6.16. The molecule has 1 unspecified atom stereocenters. The Bertz CT molecular complexity index is 463. The Morgan fingerprint density at radius 3 is 2.20 bits per heavy atom. The Kier molecular flexibility index (Phi) is 6.11. The average molecular weight is 282 g/mol. The number of amides is 1. The predicted octanol–water partition coefficient (Wildman–Crippen LogP) is 1.18. The second-order valence-corrected chi connectivity index (χ2v) is 4.29. The summed E-state index contributed by atoms with van der Waals surface area (Å²) < 4.78 is 15.6. The van der Waals surface area contributed by atoms with E-state index in [1.807, 2.05) is 6.92 Å². The van der Waals surface area contributed by atoms with E-state index in [0.717, 1.165) is 6.42 Å². The molecule has 0 saturated carbocycles. The number of hydrogen-bond donors (Lipinski definition) is 2. The molecule has 1 aromatic carbocycles. The number of nitrogens with two attached hydrogens (primary N) is 1. The highest BCUT2D eigenvalue weighted by atomic mass is 16.5. The van der Waals surface area contributed by atoms with E-state index in [1.54, 1.807) is 12.1 Å². The number of methoxy groups -OCH3 is 3. The summed E-state index contributed by atoms with van der Waals surface area (Å²) in [7, 11) is 4.53. The minimum Gasteiger partial charge on any atom is -0.496 e. The molecular weight excluding hydrogens is 260 g/mol. The minimum atomic E-state index is -0.258. The van der Waals surface area contributed by atoms with E-state index in [0.29, 0.717) is 29.4 Å². The zero-order chi connectivity index (χ0) is 15.1. The SMILES string of the molecule is CCC(N)CNC(=O)c1cc(OC)c(OC)cc1OC. The summed E-state index contributed by atoms with van der Waals surface area (Å²) >= 11 is 0. The van der Waals surface area contributed by atoms with Crippen molar-refractivity contribution >= 4 is 5.91 Å². The first kappa shape index (κ1) is 16.1. The number of carbonyl (C=O) groups is 1. The van der Waals surface area contributed by atoms with Gasteiger partial charge in [-0.25, -0.2) is 0 Å². The molecule has 0 aromatic heterocycles. The summed E-state index contributed by atoms with van der Waals surface area (Å²) in [5.74, 6) is 1.14. The second-order valence-electron chi connectivity index (χ2n) is 4.29. The Morgan fingerprint density at radius 1 is 1.15 bits per heavy atom. The first-order valence-electron chi connectivity index (χ1n) is 6.41.